The van der Waals surface area contributed by atoms with Gasteiger partial charge in [-0.1, -0.05) is 0 Å². The highest BCUT2D eigenvalue weighted by Crippen LogP contribution is 2.30. The van der Waals surface area contributed by atoms with Gasteiger partial charge in [-0.05, 0) is 6.92 Å². The first-order valence-corrected chi connectivity index (χ1v) is 3.10. The van der Waals surface area contributed by atoms with E-state index in [0.717, 1.165) is 0 Å². The normalized spacial score (nSPS) is 13.7. The first-order valence-electron chi connectivity index (χ1n) is 3.10. The molecule has 0 heterocycles. The summed E-state index contributed by atoms with van der Waals surface area (Å²) in [5.41, 5.74) is 0. The number of rotatable bonds is 2. The van der Waals surface area contributed by atoms with Gasteiger partial charge in [0.2, 0.25) is 11.7 Å². The van der Waals surface area contributed by atoms with Crippen molar-refractivity contribution in [2.45, 2.75) is 13.1 Å². The fraction of sp³-hybridized carbons (Fsp3) is 0.500. The summed E-state index contributed by atoms with van der Waals surface area (Å²) in [5, 5.41) is 0. The number of esters is 1. The molecule has 0 aliphatic rings. The minimum Gasteiger partial charge on any atom is -0.461 e. The maximum Gasteiger partial charge on any atom is 0.446 e. The van der Waals surface area contributed by atoms with Gasteiger partial charge < -0.3 is 4.74 Å². The molecule has 0 aromatic heterocycles. The molecule has 0 saturated carbocycles. The molecule has 0 radical (unpaired) electrons. The van der Waals surface area contributed by atoms with Crippen LogP contribution in [-0.2, 0) is 9.53 Å². The Balaban J connectivity index is 4.72. The topological polar surface area (TPSA) is 26.3 Å². The average Bonchev–Trinajstić information content (AvgIpc) is 2.00. The van der Waals surface area contributed by atoms with Crippen molar-refractivity contribution in [3.63, 3.8) is 0 Å². The van der Waals surface area contributed by atoms with Crippen LogP contribution in [-0.4, -0.2) is 18.8 Å². The van der Waals surface area contributed by atoms with E-state index in [1.165, 1.54) is 6.92 Å². The van der Waals surface area contributed by atoms with Crippen LogP contribution in [0.2, 0.25) is 0 Å². The summed E-state index contributed by atoms with van der Waals surface area (Å²) in [6.07, 6.45) is -5.50. The Morgan fingerprint density at radius 2 is 1.77 bits per heavy atom. The smallest absolute Gasteiger partial charge is 0.446 e. The van der Waals surface area contributed by atoms with Crippen molar-refractivity contribution in [3.8, 4) is 0 Å². The molecule has 0 bridgehead atoms. The van der Waals surface area contributed by atoms with E-state index in [0.29, 0.717) is 0 Å². The first-order chi connectivity index (χ1) is 5.80. The minimum atomic E-state index is -5.50. The Bertz CT molecular complexity index is 230. The Kier molecular flexibility index (Phi) is 3.83. The third-order valence-corrected chi connectivity index (χ3v) is 0.896. The van der Waals surface area contributed by atoms with Crippen molar-refractivity contribution < 1.29 is 31.5 Å². The molecule has 0 N–H and O–H groups in total. The van der Waals surface area contributed by atoms with Crippen molar-refractivity contribution >= 4 is 5.97 Å². The zero-order chi connectivity index (χ0) is 10.6. The Morgan fingerprint density at radius 3 is 2.08 bits per heavy atom. The van der Waals surface area contributed by atoms with E-state index in [9.17, 15) is 26.7 Å². The summed E-state index contributed by atoms with van der Waals surface area (Å²) in [6.45, 7) is 0.911. The first kappa shape index (κ1) is 11.9. The number of hydrogen-bond donors (Lipinski definition) is 0. The molecule has 0 rings (SSSR count). The van der Waals surface area contributed by atoms with Gasteiger partial charge in [-0.2, -0.15) is 22.0 Å². The third-order valence-electron chi connectivity index (χ3n) is 0.896. The fourth-order valence-electron chi connectivity index (χ4n) is 0.409. The van der Waals surface area contributed by atoms with Gasteiger partial charge in [0.05, 0.1) is 6.61 Å². The van der Waals surface area contributed by atoms with E-state index in [4.69, 9.17) is 0 Å². The molecular weight excluding hydrogens is 199 g/mol. The van der Waals surface area contributed by atoms with Gasteiger partial charge in [-0.15, -0.1) is 0 Å². The molecule has 0 aromatic rings. The molecule has 13 heavy (non-hydrogen) atoms. The zero-order valence-corrected chi connectivity index (χ0v) is 6.41. The van der Waals surface area contributed by atoms with Gasteiger partial charge in [0, 0.05) is 0 Å². The number of carbonyl (C=O) groups is 1. The standard InChI is InChI=1S/C6H5F5O2/c1-2-13-5(12)3(7)4(8)6(9,10)11/h2H2,1H3. The summed E-state index contributed by atoms with van der Waals surface area (Å²) in [5.74, 6) is -7.60. The second-order valence-corrected chi connectivity index (χ2v) is 1.85. The molecule has 0 aliphatic carbocycles. The summed E-state index contributed by atoms with van der Waals surface area (Å²) in [6, 6.07) is 0. The van der Waals surface area contributed by atoms with E-state index < -0.39 is 23.8 Å². The van der Waals surface area contributed by atoms with Crippen LogP contribution < -0.4 is 0 Å². The van der Waals surface area contributed by atoms with Gasteiger partial charge in [-0.25, -0.2) is 4.79 Å². The van der Waals surface area contributed by atoms with Crippen LogP contribution in [0, 0.1) is 0 Å². The van der Waals surface area contributed by atoms with Crippen molar-refractivity contribution in [2.24, 2.45) is 0 Å². The molecule has 76 valence electrons. The summed E-state index contributed by atoms with van der Waals surface area (Å²) in [7, 11) is 0. The highest BCUT2D eigenvalue weighted by molar-refractivity contribution is 5.86. The second kappa shape index (κ2) is 4.20. The average molecular weight is 204 g/mol. The number of halogens is 5. The van der Waals surface area contributed by atoms with E-state index in [1.807, 2.05) is 0 Å². The lowest BCUT2D eigenvalue weighted by molar-refractivity contribution is -0.143. The molecule has 0 saturated heterocycles. The van der Waals surface area contributed by atoms with E-state index in [1.54, 1.807) is 0 Å². The predicted octanol–water partition coefficient (Wildman–Crippen LogP) is 2.26. The fourth-order valence-corrected chi connectivity index (χ4v) is 0.409. The van der Waals surface area contributed by atoms with E-state index in [-0.39, 0.29) is 6.61 Å². The maximum absolute atomic E-state index is 12.2. The maximum atomic E-state index is 12.2. The van der Waals surface area contributed by atoms with Gasteiger partial charge in [-0.3, -0.25) is 0 Å². The Hall–Kier alpha value is -1.14. The second-order valence-electron chi connectivity index (χ2n) is 1.85. The number of allylic oxidation sites excluding steroid dienone is 1. The minimum absolute atomic E-state index is 0.336. The predicted molar refractivity (Wildman–Crippen MR) is 31.9 cm³/mol. The highest BCUT2D eigenvalue weighted by Gasteiger charge is 2.40. The van der Waals surface area contributed by atoms with Crippen LogP contribution in [0.15, 0.2) is 11.7 Å². The number of hydrogen-bond acceptors (Lipinski definition) is 2. The molecule has 7 heteroatoms. The quantitative estimate of drug-likeness (QED) is 0.391. The lowest BCUT2D eigenvalue weighted by Crippen LogP contribution is -2.14. The third kappa shape index (κ3) is 3.39. The van der Waals surface area contributed by atoms with Crippen LogP contribution in [0.25, 0.3) is 0 Å². The van der Waals surface area contributed by atoms with E-state index >= 15 is 0 Å². The summed E-state index contributed by atoms with van der Waals surface area (Å²) < 4.78 is 62.2. The molecule has 0 unspecified atom stereocenters. The molecule has 0 atom stereocenters. The Labute approximate surface area is 70.0 Å². The summed E-state index contributed by atoms with van der Waals surface area (Å²) >= 11 is 0. The van der Waals surface area contributed by atoms with Crippen molar-refractivity contribution in [2.75, 3.05) is 6.61 Å². The molecule has 0 amide bonds. The van der Waals surface area contributed by atoms with Crippen LogP contribution in [0.1, 0.15) is 6.92 Å². The highest BCUT2D eigenvalue weighted by atomic mass is 19.4. The number of ether oxygens (including phenoxy) is 1. The van der Waals surface area contributed by atoms with Crippen molar-refractivity contribution in [3.05, 3.63) is 11.7 Å². The van der Waals surface area contributed by atoms with Crippen molar-refractivity contribution in [1.29, 1.82) is 0 Å². The van der Waals surface area contributed by atoms with Gasteiger partial charge in [0.1, 0.15) is 0 Å². The molecular formula is C6H5F5O2. The van der Waals surface area contributed by atoms with Gasteiger partial charge >= 0.3 is 12.1 Å². The van der Waals surface area contributed by atoms with Crippen LogP contribution in [0.3, 0.4) is 0 Å². The zero-order valence-electron chi connectivity index (χ0n) is 6.41. The van der Waals surface area contributed by atoms with Crippen molar-refractivity contribution in [1.82, 2.24) is 0 Å². The van der Waals surface area contributed by atoms with Crippen LogP contribution in [0.5, 0.6) is 0 Å². The van der Waals surface area contributed by atoms with Crippen LogP contribution >= 0.6 is 0 Å². The van der Waals surface area contributed by atoms with Gasteiger partial charge in [0.15, 0.2) is 0 Å². The lowest BCUT2D eigenvalue weighted by Gasteiger charge is -2.04. The molecule has 0 aromatic carbocycles. The molecule has 0 fully saturated rings. The van der Waals surface area contributed by atoms with E-state index in [2.05, 4.69) is 4.74 Å². The van der Waals surface area contributed by atoms with Gasteiger partial charge in [0.25, 0.3) is 0 Å². The SMILES string of the molecule is CCOC(=O)C(F)=C(F)C(F)(F)F. The molecule has 2 nitrogen and oxygen atoms in total. The Morgan fingerprint density at radius 1 is 1.31 bits per heavy atom. The largest absolute Gasteiger partial charge is 0.461 e. The lowest BCUT2D eigenvalue weighted by atomic mass is 10.4. The number of alkyl halides is 3. The monoisotopic (exact) mass is 204 g/mol. The molecule has 0 spiro atoms. The molecule has 0 aliphatic heterocycles. The number of carbonyl (C=O) groups excluding carboxylic acids is 1. The van der Waals surface area contributed by atoms with Crippen LogP contribution in [0.4, 0.5) is 22.0 Å². The summed E-state index contributed by atoms with van der Waals surface area (Å²) in [4.78, 5) is 10.2.